The van der Waals surface area contributed by atoms with Crippen molar-refractivity contribution in [3.8, 4) is 5.75 Å². The Hall–Kier alpha value is -3.10. The molecule has 9 heteroatoms. The van der Waals surface area contributed by atoms with E-state index in [-0.39, 0.29) is 24.7 Å². The smallest absolute Gasteiger partial charge is 0.306 e. The number of esters is 1. The van der Waals surface area contributed by atoms with E-state index in [0.29, 0.717) is 44.2 Å². The molecule has 1 aromatic carbocycles. The molecule has 0 saturated carbocycles. The second-order valence-electron chi connectivity index (χ2n) is 6.55. The number of hydrogen-bond donors (Lipinski definition) is 1. The largest absolute Gasteiger partial charge is 0.494 e. The van der Waals surface area contributed by atoms with Crippen LogP contribution in [0.2, 0.25) is 0 Å². The third-order valence-electron chi connectivity index (χ3n) is 4.43. The summed E-state index contributed by atoms with van der Waals surface area (Å²) in [5.41, 5.74) is 0.564. The molecule has 0 unspecified atom stereocenters. The summed E-state index contributed by atoms with van der Waals surface area (Å²) >= 11 is 0. The minimum atomic E-state index is -0.609. The molecule has 1 fully saturated rings. The van der Waals surface area contributed by atoms with E-state index in [4.69, 9.17) is 9.47 Å². The Balaban J connectivity index is 1.64. The molecule has 0 bridgehead atoms. The zero-order valence-electron chi connectivity index (χ0n) is 16.8. The molecule has 0 aliphatic carbocycles. The molecule has 29 heavy (non-hydrogen) atoms. The minimum absolute atomic E-state index is 0.0100. The lowest BCUT2D eigenvalue weighted by atomic mass is 10.2. The van der Waals surface area contributed by atoms with Crippen molar-refractivity contribution in [3.05, 3.63) is 24.3 Å². The summed E-state index contributed by atoms with van der Waals surface area (Å²) in [7, 11) is 0. The summed E-state index contributed by atoms with van der Waals surface area (Å²) in [5, 5.41) is 2.62. The van der Waals surface area contributed by atoms with Crippen molar-refractivity contribution in [1.29, 1.82) is 0 Å². The van der Waals surface area contributed by atoms with Crippen molar-refractivity contribution in [2.24, 2.45) is 0 Å². The highest BCUT2D eigenvalue weighted by Crippen LogP contribution is 2.15. The molecule has 1 aliphatic heterocycles. The maximum atomic E-state index is 12.2. The molecular weight excluding hydrogens is 378 g/mol. The predicted octanol–water partition coefficient (Wildman–Crippen LogP) is 1.04. The number of rotatable bonds is 8. The van der Waals surface area contributed by atoms with Gasteiger partial charge >= 0.3 is 5.97 Å². The van der Waals surface area contributed by atoms with Crippen molar-refractivity contribution < 1.29 is 28.7 Å². The minimum Gasteiger partial charge on any atom is -0.494 e. The van der Waals surface area contributed by atoms with Crippen LogP contribution in [0.4, 0.5) is 5.69 Å². The Kier molecular flexibility index (Phi) is 8.45. The summed E-state index contributed by atoms with van der Waals surface area (Å²) in [5.74, 6) is -0.547. The fourth-order valence-electron chi connectivity index (χ4n) is 2.85. The highest BCUT2D eigenvalue weighted by Gasteiger charge is 2.22. The summed E-state index contributed by atoms with van der Waals surface area (Å²) < 4.78 is 10.2. The fraction of sp³-hybridized carbons (Fsp3) is 0.500. The standard InChI is InChI=1S/C20H27N3O6/c1-3-28-17-6-4-16(5-7-17)21-18(25)14-29-20(27)9-8-19(26)23-12-10-22(11-13-23)15(2)24/h4-7H,3,8-14H2,1-2H3,(H,21,25). The molecule has 158 valence electrons. The van der Waals surface area contributed by atoms with Crippen molar-refractivity contribution in [3.63, 3.8) is 0 Å². The normalized spacial score (nSPS) is 13.6. The molecule has 1 aromatic rings. The van der Waals surface area contributed by atoms with E-state index in [2.05, 4.69) is 5.32 Å². The van der Waals surface area contributed by atoms with Crippen LogP contribution in [0.5, 0.6) is 5.75 Å². The number of hydrogen-bond acceptors (Lipinski definition) is 6. The Labute approximate surface area is 169 Å². The summed E-state index contributed by atoms with van der Waals surface area (Å²) in [6.07, 6.45) is -0.0818. The van der Waals surface area contributed by atoms with E-state index in [0.717, 1.165) is 0 Å². The first-order chi connectivity index (χ1) is 13.9. The van der Waals surface area contributed by atoms with Gasteiger partial charge in [-0.1, -0.05) is 0 Å². The van der Waals surface area contributed by atoms with Crippen LogP contribution in [-0.4, -0.2) is 72.9 Å². The molecule has 3 amide bonds. The van der Waals surface area contributed by atoms with Crippen molar-refractivity contribution in [2.45, 2.75) is 26.7 Å². The van der Waals surface area contributed by atoms with Crippen LogP contribution in [0.25, 0.3) is 0 Å². The van der Waals surface area contributed by atoms with Gasteiger partial charge in [0.25, 0.3) is 5.91 Å². The van der Waals surface area contributed by atoms with Gasteiger partial charge in [0.2, 0.25) is 11.8 Å². The van der Waals surface area contributed by atoms with Gasteiger partial charge in [0.05, 0.1) is 13.0 Å². The molecule has 2 rings (SSSR count). The molecule has 1 aliphatic rings. The van der Waals surface area contributed by atoms with Gasteiger partial charge in [-0.25, -0.2) is 0 Å². The van der Waals surface area contributed by atoms with Gasteiger partial charge in [-0.2, -0.15) is 0 Å². The number of anilines is 1. The third kappa shape index (κ3) is 7.44. The maximum Gasteiger partial charge on any atom is 0.306 e. The van der Waals surface area contributed by atoms with Crippen LogP contribution in [0.15, 0.2) is 24.3 Å². The number of piperazine rings is 1. The molecule has 0 atom stereocenters. The van der Waals surface area contributed by atoms with E-state index in [1.165, 1.54) is 6.92 Å². The molecular formula is C20H27N3O6. The van der Waals surface area contributed by atoms with Gasteiger partial charge in [-0.3, -0.25) is 19.2 Å². The first-order valence-electron chi connectivity index (χ1n) is 9.60. The lowest BCUT2D eigenvalue weighted by Crippen LogP contribution is -2.50. The number of nitrogens with one attached hydrogen (secondary N) is 1. The van der Waals surface area contributed by atoms with Crippen molar-refractivity contribution in [1.82, 2.24) is 9.80 Å². The van der Waals surface area contributed by atoms with Crippen molar-refractivity contribution >= 4 is 29.4 Å². The molecule has 1 saturated heterocycles. The molecule has 0 radical (unpaired) electrons. The number of carbonyl (C=O) groups is 4. The Bertz CT molecular complexity index is 726. The highest BCUT2D eigenvalue weighted by atomic mass is 16.5. The maximum absolute atomic E-state index is 12.2. The molecule has 0 aromatic heterocycles. The average Bonchev–Trinajstić information content (AvgIpc) is 2.72. The van der Waals surface area contributed by atoms with Crippen LogP contribution in [0.1, 0.15) is 26.7 Å². The van der Waals surface area contributed by atoms with E-state index >= 15 is 0 Å². The van der Waals surface area contributed by atoms with Gasteiger partial charge < -0.3 is 24.6 Å². The Morgan fingerprint density at radius 1 is 0.966 bits per heavy atom. The number of benzene rings is 1. The first-order valence-corrected chi connectivity index (χ1v) is 9.60. The van der Waals surface area contributed by atoms with E-state index in [1.54, 1.807) is 34.1 Å². The van der Waals surface area contributed by atoms with Crippen LogP contribution in [0.3, 0.4) is 0 Å². The van der Waals surface area contributed by atoms with Crippen LogP contribution in [0, 0.1) is 0 Å². The van der Waals surface area contributed by atoms with Crippen LogP contribution in [-0.2, 0) is 23.9 Å². The molecule has 9 nitrogen and oxygen atoms in total. The fourth-order valence-corrected chi connectivity index (χ4v) is 2.85. The number of ether oxygens (including phenoxy) is 2. The monoisotopic (exact) mass is 405 g/mol. The first kappa shape index (κ1) is 22.2. The summed E-state index contributed by atoms with van der Waals surface area (Å²) in [4.78, 5) is 50.4. The third-order valence-corrected chi connectivity index (χ3v) is 4.43. The number of nitrogens with zero attached hydrogens (tertiary/aromatic N) is 2. The molecule has 0 spiro atoms. The number of amides is 3. The van der Waals surface area contributed by atoms with Gasteiger partial charge in [0.15, 0.2) is 6.61 Å². The Morgan fingerprint density at radius 3 is 2.17 bits per heavy atom. The van der Waals surface area contributed by atoms with Crippen molar-refractivity contribution in [2.75, 3.05) is 44.7 Å². The summed E-state index contributed by atoms with van der Waals surface area (Å²) in [6.45, 7) is 5.42. The van der Waals surface area contributed by atoms with Gasteiger partial charge in [-0.15, -0.1) is 0 Å². The zero-order chi connectivity index (χ0) is 21.2. The second kappa shape index (κ2) is 11.0. The van der Waals surface area contributed by atoms with Gasteiger partial charge in [0.1, 0.15) is 5.75 Å². The zero-order valence-corrected chi connectivity index (χ0v) is 16.8. The van der Waals surface area contributed by atoms with Gasteiger partial charge in [-0.05, 0) is 31.2 Å². The molecule has 1 heterocycles. The van der Waals surface area contributed by atoms with E-state index in [9.17, 15) is 19.2 Å². The van der Waals surface area contributed by atoms with Crippen LogP contribution < -0.4 is 10.1 Å². The predicted molar refractivity (Wildman–Crippen MR) is 105 cm³/mol. The topological polar surface area (TPSA) is 105 Å². The lowest BCUT2D eigenvalue weighted by Gasteiger charge is -2.34. The SMILES string of the molecule is CCOc1ccc(NC(=O)COC(=O)CCC(=O)N2CCN(C(C)=O)CC2)cc1. The quantitative estimate of drug-likeness (QED) is 0.648. The van der Waals surface area contributed by atoms with Crippen LogP contribution >= 0.6 is 0 Å². The number of carbonyl (C=O) groups excluding carboxylic acids is 4. The van der Waals surface area contributed by atoms with E-state index in [1.807, 2.05) is 6.92 Å². The Morgan fingerprint density at radius 2 is 1.59 bits per heavy atom. The molecule has 1 N–H and O–H groups in total. The highest BCUT2D eigenvalue weighted by molar-refractivity contribution is 5.93. The average molecular weight is 405 g/mol. The summed E-state index contributed by atoms with van der Waals surface area (Å²) in [6, 6.07) is 6.84. The van der Waals surface area contributed by atoms with Gasteiger partial charge in [0, 0.05) is 45.2 Å². The second-order valence-corrected chi connectivity index (χ2v) is 6.55. The lowest BCUT2D eigenvalue weighted by molar-refractivity contribution is -0.149. The van der Waals surface area contributed by atoms with E-state index < -0.39 is 18.5 Å².